The predicted octanol–water partition coefficient (Wildman–Crippen LogP) is 4.31. The Bertz CT molecular complexity index is 1150. The molecule has 4 rings (SSSR count). The fourth-order valence-electron chi connectivity index (χ4n) is 2.74. The van der Waals surface area contributed by atoms with E-state index in [0.717, 1.165) is 22.2 Å². The lowest BCUT2D eigenvalue weighted by Gasteiger charge is -2.09. The summed E-state index contributed by atoms with van der Waals surface area (Å²) in [7, 11) is -4.00. The van der Waals surface area contributed by atoms with E-state index in [1.165, 1.54) is 24.3 Å². The van der Waals surface area contributed by atoms with Gasteiger partial charge < -0.3 is 14.3 Å². The van der Waals surface area contributed by atoms with Gasteiger partial charge >= 0.3 is 10.1 Å². The molecule has 5 nitrogen and oxygen atoms in total. The molecule has 0 bridgehead atoms. The van der Waals surface area contributed by atoms with E-state index in [-0.39, 0.29) is 16.4 Å². The molecule has 130 valence electrons. The molecule has 0 spiro atoms. The molecular formula is C20H15NO4S. The number of phenolic OH excluding ortho intramolecular Hbond substituents is 1. The number of aromatic hydroxyl groups is 1. The van der Waals surface area contributed by atoms with Gasteiger partial charge in [0.15, 0.2) is 11.5 Å². The van der Waals surface area contributed by atoms with Crippen molar-refractivity contribution < 1.29 is 17.7 Å². The monoisotopic (exact) mass is 365 g/mol. The van der Waals surface area contributed by atoms with Crippen LogP contribution in [0.25, 0.3) is 22.2 Å². The summed E-state index contributed by atoms with van der Waals surface area (Å²) < 4.78 is 29.7. The molecule has 6 heteroatoms. The highest BCUT2D eigenvalue weighted by Gasteiger charge is 2.18. The highest BCUT2D eigenvalue weighted by molar-refractivity contribution is 7.87. The SMILES string of the molecule is O=S(=O)(Oc1ccc(-c2cc3ccccc3[nH]2)cc1O)c1ccccc1. The van der Waals surface area contributed by atoms with E-state index in [4.69, 9.17) is 4.18 Å². The number of benzene rings is 3. The maximum absolute atomic E-state index is 12.3. The zero-order chi connectivity index (χ0) is 18.1. The van der Waals surface area contributed by atoms with Gasteiger partial charge in [0.25, 0.3) is 0 Å². The van der Waals surface area contributed by atoms with Crippen LogP contribution in [-0.4, -0.2) is 18.5 Å². The summed E-state index contributed by atoms with van der Waals surface area (Å²) in [5, 5.41) is 11.3. The molecule has 0 fully saturated rings. The molecule has 26 heavy (non-hydrogen) atoms. The van der Waals surface area contributed by atoms with Gasteiger partial charge in [0, 0.05) is 22.2 Å². The van der Waals surface area contributed by atoms with Crippen LogP contribution < -0.4 is 4.18 Å². The minimum Gasteiger partial charge on any atom is -0.504 e. The fraction of sp³-hybridized carbons (Fsp3) is 0. The Kier molecular flexibility index (Phi) is 3.89. The Morgan fingerprint density at radius 1 is 0.846 bits per heavy atom. The molecular weight excluding hydrogens is 350 g/mol. The van der Waals surface area contributed by atoms with E-state index in [1.54, 1.807) is 24.3 Å². The Balaban J connectivity index is 1.66. The van der Waals surface area contributed by atoms with E-state index in [9.17, 15) is 13.5 Å². The first-order valence-electron chi connectivity index (χ1n) is 7.94. The van der Waals surface area contributed by atoms with Gasteiger partial charge in [-0.1, -0.05) is 36.4 Å². The number of aromatic nitrogens is 1. The van der Waals surface area contributed by atoms with Crippen LogP contribution in [0.4, 0.5) is 0 Å². The topological polar surface area (TPSA) is 79.4 Å². The zero-order valence-corrected chi connectivity index (χ0v) is 14.4. The third-order valence-corrected chi connectivity index (χ3v) is 5.28. The lowest BCUT2D eigenvalue weighted by molar-refractivity contribution is 0.428. The summed E-state index contributed by atoms with van der Waals surface area (Å²) in [4.78, 5) is 3.29. The van der Waals surface area contributed by atoms with Crippen molar-refractivity contribution in [3.05, 3.63) is 78.9 Å². The van der Waals surface area contributed by atoms with E-state index in [1.807, 2.05) is 30.3 Å². The first-order chi connectivity index (χ1) is 12.5. The molecule has 0 aliphatic carbocycles. The molecule has 0 unspecified atom stereocenters. The molecule has 2 N–H and O–H groups in total. The van der Waals surface area contributed by atoms with Crippen molar-refractivity contribution in [1.29, 1.82) is 0 Å². The third-order valence-electron chi connectivity index (χ3n) is 4.03. The summed E-state index contributed by atoms with van der Waals surface area (Å²) in [6, 6.07) is 22.2. The molecule has 1 aromatic heterocycles. The van der Waals surface area contributed by atoms with E-state index >= 15 is 0 Å². The van der Waals surface area contributed by atoms with Crippen LogP contribution in [0.5, 0.6) is 11.5 Å². The van der Waals surface area contributed by atoms with Gasteiger partial charge in [-0.3, -0.25) is 0 Å². The second kappa shape index (κ2) is 6.24. The Labute approximate surface area is 150 Å². The fourth-order valence-corrected chi connectivity index (χ4v) is 3.70. The van der Waals surface area contributed by atoms with Gasteiger partial charge in [-0.2, -0.15) is 8.42 Å². The number of hydrogen-bond donors (Lipinski definition) is 2. The number of aromatic amines is 1. The maximum atomic E-state index is 12.3. The summed E-state index contributed by atoms with van der Waals surface area (Å²) in [6.07, 6.45) is 0. The molecule has 0 saturated carbocycles. The second-order valence-corrected chi connectivity index (χ2v) is 7.35. The summed E-state index contributed by atoms with van der Waals surface area (Å²) in [5.41, 5.74) is 2.52. The van der Waals surface area contributed by atoms with Crippen molar-refractivity contribution in [2.45, 2.75) is 4.90 Å². The minimum atomic E-state index is -4.00. The van der Waals surface area contributed by atoms with Gasteiger partial charge in [0.05, 0.1) is 0 Å². The van der Waals surface area contributed by atoms with Crippen LogP contribution in [0.1, 0.15) is 0 Å². The van der Waals surface area contributed by atoms with Crippen LogP contribution in [-0.2, 0) is 10.1 Å². The standard InChI is InChI=1S/C20H15NO4S/c22-19-13-15(18-12-14-6-4-5-9-17(14)21-18)10-11-20(19)25-26(23,24)16-7-2-1-3-8-16/h1-13,21-22H. The summed E-state index contributed by atoms with van der Waals surface area (Å²) in [6.45, 7) is 0. The van der Waals surface area contributed by atoms with E-state index < -0.39 is 10.1 Å². The Morgan fingerprint density at radius 3 is 2.31 bits per heavy atom. The van der Waals surface area contributed by atoms with Crippen LogP contribution in [0.3, 0.4) is 0 Å². The predicted molar refractivity (Wildman–Crippen MR) is 99.7 cm³/mol. The number of H-pyrrole nitrogens is 1. The molecule has 0 saturated heterocycles. The van der Waals surface area contributed by atoms with Crippen molar-refractivity contribution in [3.8, 4) is 22.8 Å². The molecule has 0 atom stereocenters. The molecule has 0 aliphatic rings. The summed E-state index contributed by atoms with van der Waals surface area (Å²) in [5.74, 6) is -0.366. The number of fused-ring (bicyclic) bond motifs is 1. The third kappa shape index (κ3) is 3.02. The van der Waals surface area contributed by atoms with Gasteiger partial charge in [-0.15, -0.1) is 0 Å². The van der Waals surface area contributed by atoms with Crippen molar-refractivity contribution in [1.82, 2.24) is 4.98 Å². The highest BCUT2D eigenvalue weighted by Crippen LogP contribution is 2.34. The van der Waals surface area contributed by atoms with Crippen LogP contribution in [0.2, 0.25) is 0 Å². The van der Waals surface area contributed by atoms with Crippen molar-refractivity contribution in [3.63, 3.8) is 0 Å². The van der Waals surface area contributed by atoms with Gasteiger partial charge in [0.2, 0.25) is 0 Å². The first-order valence-corrected chi connectivity index (χ1v) is 9.34. The normalized spacial score (nSPS) is 11.5. The Morgan fingerprint density at radius 2 is 1.58 bits per heavy atom. The number of phenols is 1. The van der Waals surface area contributed by atoms with Gasteiger partial charge in [-0.05, 0) is 42.5 Å². The second-order valence-electron chi connectivity index (χ2n) is 5.80. The number of nitrogens with one attached hydrogen (secondary N) is 1. The van der Waals surface area contributed by atoms with E-state index in [0.29, 0.717) is 0 Å². The maximum Gasteiger partial charge on any atom is 0.339 e. The number of hydrogen-bond acceptors (Lipinski definition) is 4. The van der Waals surface area contributed by atoms with Crippen molar-refractivity contribution >= 4 is 21.0 Å². The molecule has 0 aliphatic heterocycles. The van der Waals surface area contributed by atoms with Gasteiger partial charge in [0.1, 0.15) is 4.90 Å². The van der Waals surface area contributed by atoms with Crippen molar-refractivity contribution in [2.75, 3.05) is 0 Å². The average Bonchev–Trinajstić information content (AvgIpc) is 3.08. The van der Waals surface area contributed by atoms with Gasteiger partial charge in [-0.25, -0.2) is 0 Å². The molecule has 0 amide bonds. The minimum absolute atomic E-state index is 0.0269. The molecule has 0 radical (unpaired) electrons. The van der Waals surface area contributed by atoms with Crippen LogP contribution in [0, 0.1) is 0 Å². The Hall–Kier alpha value is -3.25. The van der Waals surface area contributed by atoms with E-state index in [2.05, 4.69) is 4.98 Å². The first kappa shape index (κ1) is 16.2. The number of rotatable bonds is 4. The smallest absolute Gasteiger partial charge is 0.339 e. The largest absolute Gasteiger partial charge is 0.504 e. The average molecular weight is 365 g/mol. The van der Waals surface area contributed by atoms with Crippen molar-refractivity contribution in [2.24, 2.45) is 0 Å². The number of para-hydroxylation sites is 1. The van der Waals surface area contributed by atoms with Crippen LogP contribution in [0.15, 0.2) is 83.8 Å². The quantitative estimate of drug-likeness (QED) is 0.528. The molecule has 4 aromatic rings. The zero-order valence-electron chi connectivity index (χ0n) is 13.6. The molecule has 1 heterocycles. The highest BCUT2D eigenvalue weighted by atomic mass is 32.2. The lowest BCUT2D eigenvalue weighted by atomic mass is 10.1. The molecule has 3 aromatic carbocycles. The summed E-state index contributed by atoms with van der Waals surface area (Å²) >= 11 is 0. The lowest BCUT2D eigenvalue weighted by Crippen LogP contribution is -2.09. The van der Waals surface area contributed by atoms with Crippen LogP contribution >= 0.6 is 0 Å².